The first-order valence-electron chi connectivity index (χ1n) is 7.71. The lowest BCUT2D eigenvalue weighted by Crippen LogP contribution is -2.01. The van der Waals surface area contributed by atoms with Gasteiger partial charge in [-0.05, 0) is 55.0 Å². The van der Waals surface area contributed by atoms with Gasteiger partial charge in [-0.3, -0.25) is 0 Å². The molecule has 1 N–H and O–H groups in total. The molecule has 4 heteroatoms. The van der Waals surface area contributed by atoms with Crippen molar-refractivity contribution < 1.29 is 9.90 Å². The van der Waals surface area contributed by atoms with Crippen LogP contribution in [-0.2, 0) is 12.8 Å². The SMILES string of the molecule is O=C(O)c1sc2cc3c(cc2c1-c1ccccc1Cl)CCCC3. The quantitative estimate of drug-likeness (QED) is 0.639. The van der Waals surface area contributed by atoms with Crippen LogP contribution in [0.4, 0.5) is 0 Å². The van der Waals surface area contributed by atoms with Gasteiger partial charge in [0.2, 0.25) is 0 Å². The van der Waals surface area contributed by atoms with E-state index >= 15 is 0 Å². The predicted octanol–water partition coefficient (Wildman–Crippen LogP) is 5.80. The molecule has 23 heavy (non-hydrogen) atoms. The average molecular weight is 343 g/mol. The molecule has 3 aromatic rings. The van der Waals surface area contributed by atoms with Crippen molar-refractivity contribution >= 4 is 39.0 Å². The number of hydrogen-bond donors (Lipinski definition) is 1. The molecule has 2 nitrogen and oxygen atoms in total. The molecule has 2 aromatic carbocycles. The Morgan fingerprint density at radius 3 is 2.48 bits per heavy atom. The zero-order valence-corrected chi connectivity index (χ0v) is 14.0. The maximum Gasteiger partial charge on any atom is 0.346 e. The van der Waals surface area contributed by atoms with Crippen LogP contribution in [0, 0.1) is 0 Å². The molecule has 0 radical (unpaired) electrons. The third-order valence-electron chi connectivity index (χ3n) is 4.49. The molecule has 0 fully saturated rings. The minimum absolute atomic E-state index is 0.371. The summed E-state index contributed by atoms with van der Waals surface area (Å²) in [5.74, 6) is -0.890. The number of rotatable bonds is 2. The van der Waals surface area contributed by atoms with Gasteiger partial charge in [0, 0.05) is 26.2 Å². The number of thiophene rings is 1. The van der Waals surface area contributed by atoms with Crippen molar-refractivity contribution in [1.29, 1.82) is 0 Å². The normalized spacial score (nSPS) is 14.0. The minimum Gasteiger partial charge on any atom is -0.477 e. The zero-order valence-electron chi connectivity index (χ0n) is 12.4. The zero-order chi connectivity index (χ0) is 16.0. The van der Waals surface area contributed by atoms with Crippen LogP contribution < -0.4 is 0 Å². The Morgan fingerprint density at radius 1 is 1.09 bits per heavy atom. The van der Waals surface area contributed by atoms with Crippen molar-refractivity contribution in [3.63, 3.8) is 0 Å². The molecule has 1 heterocycles. The highest BCUT2D eigenvalue weighted by molar-refractivity contribution is 7.21. The van der Waals surface area contributed by atoms with E-state index in [1.807, 2.05) is 24.3 Å². The number of halogens is 1. The monoisotopic (exact) mass is 342 g/mol. The molecule has 116 valence electrons. The molecule has 0 saturated heterocycles. The molecule has 1 aromatic heterocycles. The second-order valence-electron chi connectivity index (χ2n) is 5.92. The van der Waals surface area contributed by atoms with Gasteiger partial charge in [0.25, 0.3) is 0 Å². The van der Waals surface area contributed by atoms with Crippen molar-refractivity contribution in [2.45, 2.75) is 25.7 Å². The summed E-state index contributed by atoms with van der Waals surface area (Å²) in [5, 5.41) is 11.3. The largest absolute Gasteiger partial charge is 0.477 e. The lowest BCUT2D eigenvalue weighted by Gasteiger charge is -2.16. The van der Waals surface area contributed by atoms with Crippen molar-refractivity contribution in [3.05, 3.63) is 57.4 Å². The average Bonchev–Trinajstić information content (AvgIpc) is 2.91. The lowest BCUT2D eigenvalue weighted by atomic mass is 9.89. The van der Waals surface area contributed by atoms with Gasteiger partial charge in [-0.1, -0.05) is 29.8 Å². The summed E-state index contributed by atoms with van der Waals surface area (Å²) >= 11 is 7.70. The topological polar surface area (TPSA) is 37.3 Å². The van der Waals surface area contributed by atoms with Gasteiger partial charge in [0.15, 0.2) is 0 Å². The van der Waals surface area contributed by atoms with Gasteiger partial charge < -0.3 is 5.11 Å². The Hall–Kier alpha value is -1.84. The van der Waals surface area contributed by atoms with Gasteiger partial charge >= 0.3 is 5.97 Å². The Bertz CT molecular complexity index is 927. The summed E-state index contributed by atoms with van der Waals surface area (Å²) in [6.45, 7) is 0. The Kier molecular flexibility index (Phi) is 3.63. The van der Waals surface area contributed by atoms with Crippen LogP contribution in [0.2, 0.25) is 5.02 Å². The Labute approximate surface area is 143 Å². The van der Waals surface area contributed by atoms with E-state index in [1.165, 1.54) is 35.3 Å². The van der Waals surface area contributed by atoms with Crippen molar-refractivity contribution in [1.82, 2.24) is 0 Å². The molecule has 0 spiro atoms. The minimum atomic E-state index is -0.890. The number of carboxylic acid groups (broad SMARTS) is 1. The standard InChI is InChI=1S/C19H15ClO2S/c20-15-8-4-3-7-13(15)17-14-9-11-5-1-2-6-12(11)10-16(14)23-18(17)19(21)22/h3-4,7-10H,1-2,5-6H2,(H,21,22). The number of carbonyl (C=O) groups is 1. The van der Waals surface area contributed by atoms with Gasteiger partial charge in [0.1, 0.15) is 4.88 Å². The van der Waals surface area contributed by atoms with E-state index in [0.717, 1.165) is 34.1 Å². The Morgan fingerprint density at radius 2 is 1.78 bits per heavy atom. The molecule has 0 saturated carbocycles. The van der Waals surface area contributed by atoms with Crippen LogP contribution >= 0.6 is 22.9 Å². The van der Waals surface area contributed by atoms with Crippen LogP contribution in [0.1, 0.15) is 33.6 Å². The van der Waals surface area contributed by atoms with Crippen molar-refractivity contribution in [2.75, 3.05) is 0 Å². The number of hydrogen-bond acceptors (Lipinski definition) is 2. The summed E-state index contributed by atoms with van der Waals surface area (Å²) < 4.78 is 1.04. The Balaban J connectivity index is 2.06. The van der Waals surface area contributed by atoms with E-state index in [0.29, 0.717) is 9.90 Å². The highest BCUT2D eigenvalue weighted by Gasteiger charge is 2.22. The molecule has 0 aliphatic heterocycles. The van der Waals surface area contributed by atoms with Crippen LogP contribution in [0.3, 0.4) is 0 Å². The first kappa shape index (κ1) is 14.7. The number of carboxylic acids is 1. The second-order valence-corrected chi connectivity index (χ2v) is 7.37. The fraction of sp³-hybridized carbons (Fsp3) is 0.211. The molecule has 0 unspecified atom stereocenters. The maximum atomic E-state index is 11.8. The van der Waals surface area contributed by atoms with Crippen LogP contribution in [0.25, 0.3) is 21.2 Å². The molecule has 0 amide bonds. The summed E-state index contributed by atoms with van der Waals surface area (Å²) in [6.07, 6.45) is 4.58. The molecule has 0 bridgehead atoms. The predicted molar refractivity (Wildman–Crippen MR) is 95.9 cm³/mol. The lowest BCUT2D eigenvalue weighted by molar-refractivity contribution is 0.0703. The van der Waals surface area contributed by atoms with E-state index in [9.17, 15) is 9.90 Å². The first-order valence-corrected chi connectivity index (χ1v) is 8.91. The summed E-state index contributed by atoms with van der Waals surface area (Å²) in [4.78, 5) is 12.1. The van der Waals surface area contributed by atoms with E-state index in [2.05, 4.69) is 12.1 Å². The fourth-order valence-electron chi connectivity index (χ4n) is 3.41. The first-order chi connectivity index (χ1) is 11.1. The van der Waals surface area contributed by atoms with Gasteiger partial charge in [0.05, 0.1) is 0 Å². The number of aryl methyl sites for hydroxylation is 2. The second kappa shape index (κ2) is 5.66. The van der Waals surface area contributed by atoms with Gasteiger partial charge in [-0.2, -0.15) is 0 Å². The van der Waals surface area contributed by atoms with E-state index in [1.54, 1.807) is 0 Å². The van der Waals surface area contributed by atoms with E-state index in [4.69, 9.17) is 11.6 Å². The molecule has 1 aliphatic rings. The summed E-state index contributed by atoms with van der Waals surface area (Å²) in [5.41, 5.74) is 4.28. The van der Waals surface area contributed by atoms with Crippen LogP contribution in [-0.4, -0.2) is 11.1 Å². The van der Waals surface area contributed by atoms with Crippen molar-refractivity contribution in [2.24, 2.45) is 0 Å². The van der Waals surface area contributed by atoms with Crippen LogP contribution in [0.15, 0.2) is 36.4 Å². The molecule has 1 aliphatic carbocycles. The van der Waals surface area contributed by atoms with E-state index < -0.39 is 5.97 Å². The van der Waals surface area contributed by atoms with Crippen LogP contribution in [0.5, 0.6) is 0 Å². The maximum absolute atomic E-state index is 11.8. The fourth-order valence-corrected chi connectivity index (χ4v) is 4.74. The summed E-state index contributed by atoms with van der Waals surface area (Å²) in [6, 6.07) is 11.8. The molecular formula is C19H15ClO2S. The highest BCUT2D eigenvalue weighted by Crippen LogP contribution is 2.43. The molecule has 0 atom stereocenters. The number of benzene rings is 2. The highest BCUT2D eigenvalue weighted by atomic mass is 35.5. The van der Waals surface area contributed by atoms with Gasteiger partial charge in [-0.25, -0.2) is 4.79 Å². The van der Waals surface area contributed by atoms with Gasteiger partial charge in [-0.15, -0.1) is 11.3 Å². The third-order valence-corrected chi connectivity index (χ3v) is 5.96. The molecule has 4 rings (SSSR count). The number of aromatic carboxylic acids is 1. The molecular weight excluding hydrogens is 328 g/mol. The van der Waals surface area contributed by atoms with E-state index in [-0.39, 0.29) is 0 Å². The number of fused-ring (bicyclic) bond motifs is 2. The summed E-state index contributed by atoms with van der Waals surface area (Å²) in [7, 11) is 0. The third kappa shape index (κ3) is 2.44. The smallest absolute Gasteiger partial charge is 0.346 e. The van der Waals surface area contributed by atoms with Crippen molar-refractivity contribution in [3.8, 4) is 11.1 Å².